The molecular weight excluding hydrogens is 357 g/mol. The molecule has 1 fully saturated rings. The Morgan fingerprint density at radius 3 is 2.14 bits per heavy atom. The fourth-order valence-electron chi connectivity index (χ4n) is 1.64. The smallest absolute Gasteiger partial charge is 0.348 e. The summed E-state index contributed by atoms with van der Waals surface area (Å²) >= 11 is 2.64. The summed E-state index contributed by atoms with van der Waals surface area (Å²) < 4.78 is 49.9. The van der Waals surface area contributed by atoms with Crippen molar-refractivity contribution in [3.63, 3.8) is 0 Å². The summed E-state index contributed by atoms with van der Waals surface area (Å²) in [6.07, 6.45) is 0.556. The van der Waals surface area contributed by atoms with Gasteiger partial charge in [-0.2, -0.15) is 0 Å². The summed E-state index contributed by atoms with van der Waals surface area (Å²) in [6.45, 7) is 2.64. The predicted molar refractivity (Wildman–Crippen MR) is 68.3 cm³/mol. The third kappa shape index (κ3) is 2.94. The van der Waals surface area contributed by atoms with E-state index >= 15 is 0 Å². The first-order valence-electron chi connectivity index (χ1n) is 5.64. The maximum absolute atomic E-state index is 13.7. The van der Waals surface area contributed by atoms with Crippen LogP contribution in [-0.4, -0.2) is 17.7 Å². The van der Waals surface area contributed by atoms with E-state index in [9.17, 15) is 22.8 Å². The van der Waals surface area contributed by atoms with Gasteiger partial charge in [-0.3, -0.25) is 0 Å². The second-order valence-electron chi connectivity index (χ2n) is 4.62. The van der Waals surface area contributed by atoms with Gasteiger partial charge < -0.3 is 9.47 Å². The first-order valence-corrected chi connectivity index (χ1v) is 6.43. The molecule has 1 saturated heterocycles. The SMILES string of the molecule is CC1(C)OC(=O)C(=Cc2c(F)cc(Br)c(F)c2F)C(=O)O1. The number of ether oxygens (including phenoxy) is 2. The lowest BCUT2D eigenvalue weighted by Crippen LogP contribution is -2.41. The van der Waals surface area contributed by atoms with Crippen LogP contribution in [0.5, 0.6) is 0 Å². The van der Waals surface area contributed by atoms with Crippen molar-refractivity contribution in [3.05, 3.63) is 39.1 Å². The van der Waals surface area contributed by atoms with Crippen LogP contribution in [-0.2, 0) is 19.1 Å². The normalized spacial score (nSPS) is 17.3. The van der Waals surface area contributed by atoms with Gasteiger partial charge in [0.25, 0.3) is 5.79 Å². The minimum Gasteiger partial charge on any atom is -0.419 e. The third-order valence-electron chi connectivity index (χ3n) is 2.56. The molecule has 112 valence electrons. The molecule has 0 bridgehead atoms. The molecule has 0 radical (unpaired) electrons. The number of benzene rings is 1. The van der Waals surface area contributed by atoms with Gasteiger partial charge in [0, 0.05) is 13.8 Å². The Kier molecular flexibility index (Phi) is 3.83. The first-order chi connectivity index (χ1) is 9.62. The molecule has 1 aliphatic rings. The molecule has 0 unspecified atom stereocenters. The first kappa shape index (κ1) is 15.6. The molecule has 1 heterocycles. The average molecular weight is 365 g/mol. The lowest BCUT2D eigenvalue weighted by molar-refractivity contribution is -0.222. The molecule has 21 heavy (non-hydrogen) atoms. The van der Waals surface area contributed by atoms with Crippen molar-refractivity contribution in [1.82, 2.24) is 0 Å². The van der Waals surface area contributed by atoms with Crippen LogP contribution >= 0.6 is 15.9 Å². The van der Waals surface area contributed by atoms with Crippen LogP contribution in [0.3, 0.4) is 0 Å². The molecule has 0 aromatic heterocycles. The Balaban J connectivity index is 2.53. The van der Waals surface area contributed by atoms with Gasteiger partial charge >= 0.3 is 11.9 Å². The summed E-state index contributed by atoms with van der Waals surface area (Å²) in [5, 5.41) is 0. The molecule has 0 N–H and O–H groups in total. The zero-order valence-electron chi connectivity index (χ0n) is 10.8. The molecule has 0 spiro atoms. The molecule has 0 atom stereocenters. The van der Waals surface area contributed by atoms with Crippen LogP contribution in [0.1, 0.15) is 19.4 Å². The minimum absolute atomic E-state index is 0.422. The highest BCUT2D eigenvalue weighted by atomic mass is 79.9. The topological polar surface area (TPSA) is 52.6 Å². The second kappa shape index (κ2) is 5.18. The van der Waals surface area contributed by atoms with Gasteiger partial charge in [-0.05, 0) is 28.1 Å². The molecule has 0 amide bonds. The van der Waals surface area contributed by atoms with E-state index < -0.39 is 50.8 Å². The molecule has 1 aliphatic heterocycles. The van der Waals surface area contributed by atoms with Crippen LogP contribution in [0, 0.1) is 17.5 Å². The number of cyclic esters (lactones) is 2. The van der Waals surface area contributed by atoms with E-state index in [0.29, 0.717) is 12.1 Å². The van der Waals surface area contributed by atoms with E-state index in [1.807, 2.05) is 0 Å². The van der Waals surface area contributed by atoms with Gasteiger partial charge in [0.2, 0.25) is 0 Å². The number of carbonyl (C=O) groups is 2. The van der Waals surface area contributed by atoms with E-state index in [0.717, 1.165) is 0 Å². The zero-order valence-corrected chi connectivity index (χ0v) is 12.4. The molecule has 8 heteroatoms. The molecule has 0 saturated carbocycles. The van der Waals surface area contributed by atoms with Gasteiger partial charge in [-0.1, -0.05) is 0 Å². The van der Waals surface area contributed by atoms with Crippen molar-refractivity contribution in [2.24, 2.45) is 0 Å². The monoisotopic (exact) mass is 364 g/mol. The second-order valence-corrected chi connectivity index (χ2v) is 5.47. The Labute approximate surface area is 125 Å². The van der Waals surface area contributed by atoms with E-state index in [1.165, 1.54) is 13.8 Å². The van der Waals surface area contributed by atoms with Crippen LogP contribution in [0.4, 0.5) is 13.2 Å². The number of esters is 2. The molecule has 2 rings (SSSR count). The number of hydrogen-bond donors (Lipinski definition) is 0. The Hall–Kier alpha value is -1.83. The van der Waals surface area contributed by atoms with Crippen LogP contribution < -0.4 is 0 Å². The van der Waals surface area contributed by atoms with Gasteiger partial charge in [0.05, 0.1) is 10.0 Å². The van der Waals surface area contributed by atoms with Crippen molar-refractivity contribution >= 4 is 33.9 Å². The summed E-state index contributed by atoms with van der Waals surface area (Å²) in [4.78, 5) is 23.3. The van der Waals surface area contributed by atoms with E-state index in [1.54, 1.807) is 0 Å². The average Bonchev–Trinajstić information content (AvgIpc) is 2.33. The van der Waals surface area contributed by atoms with Crippen LogP contribution in [0.15, 0.2) is 16.1 Å². The predicted octanol–water partition coefficient (Wildman–Crippen LogP) is 3.09. The summed E-state index contributed by atoms with van der Waals surface area (Å²) in [6, 6.07) is 0.675. The van der Waals surface area contributed by atoms with Crippen molar-refractivity contribution in [2.75, 3.05) is 0 Å². The maximum Gasteiger partial charge on any atom is 0.348 e. The standard InChI is InChI=1S/C13H8BrF3O4/c1-13(2)20-11(18)6(12(19)21-13)3-5-8(15)4-7(14)10(17)9(5)16/h3-4H,1-2H3. The molecule has 4 nitrogen and oxygen atoms in total. The highest BCUT2D eigenvalue weighted by molar-refractivity contribution is 9.10. The van der Waals surface area contributed by atoms with Crippen molar-refractivity contribution in [2.45, 2.75) is 19.6 Å². The number of halogens is 4. The Morgan fingerprint density at radius 1 is 1.10 bits per heavy atom. The zero-order chi connectivity index (χ0) is 15.9. The van der Waals surface area contributed by atoms with E-state index in [-0.39, 0.29) is 0 Å². The van der Waals surface area contributed by atoms with Crippen LogP contribution in [0.25, 0.3) is 6.08 Å². The van der Waals surface area contributed by atoms with Gasteiger partial charge in [0.15, 0.2) is 11.6 Å². The van der Waals surface area contributed by atoms with Gasteiger partial charge in [0.1, 0.15) is 11.4 Å². The van der Waals surface area contributed by atoms with Gasteiger partial charge in [-0.25, -0.2) is 22.8 Å². The number of rotatable bonds is 1. The molecule has 1 aromatic carbocycles. The summed E-state index contributed by atoms with van der Waals surface area (Å²) in [5.41, 5.74) is -1.60. The Morgan fingerprint density at radius 2 is 1.62 bits per heavy atom. The molecule has 1 aromatic rings. The van der Waals surface area contributed by atoms with E-state index in [4.69, 9.17) is 9.47 Å². The minimum atomic E-state index is -1.54. The summed E-state index contributed by atoms with van der Waals surface area (Å²) in [5.74, 6) is -7.75. The Bertz CT molecular complexity index is 660. The molecular formula is C13H8BrF3O4. The third-order valence-corrected chi connectivity index (χ3v) is 3.13. The van der Waals surface area contributed by atoms with Crippen molar-refractivity contribution in [3.8, 4) is 0 Å². The van der Waals surface area contributed by atoms with Crippen LogP contribution in [0.2, 0.25) is 0 Å². The fourth-order valence-corrected chi connectivity index (χ4v) is 2.01. The van der Waals surface area contributed by atoms with Crippen molar-refractivity contribution < 1.29 is 32.2 Å². The van der Waals surface area contributed by atoms with Crippen molar-refractivity contribution in [1.29, 1.82) is 0 Å². The fraction of sp³-hybridized carbons (Fsp3) is 0.231. The van der Waals surface area contributed by atoms with Gasteiger partial charge in [-0.15, -0.1) is 0 Å². The number of carbonyl (C=O) groups excluding carboxylic acids is 2. The highest BCUT2D eigenvalue weighted by Gasteiger charge is 2.39. The largest absolute Gasteiger partial charge is 0.419 e. The quantitative estimate of drug-likeness (QED) is 0.252. The maximum atomic E-state index is 13.7. The molecule has 0 aliphatic carbocycles. The lowest BCUT2D eigenvalue weighted by atomic mass is 10.1. The van der Waals surface area contributed by atoms with E-state index in [2.05, 4.69) is 15.9 Å². The summed E-state index contributed by atoms with van der Waals surface area (Å²) in [7, 11) is 0. The highest BCUT2D eigenvalue weighted by Crippen LogP contribution is 2.28. The lowest BCUT2D eigenvalue weighted by Gasteiger charge is -2.29. The number of hydrogen-bond acceptors (Lipinski definition) is 4.